The summed E-state index contributed by atoms with van der Waals surface area (Å²) in [7, 11) is 0. The van der Waals surface area contributed by atoms with Crippen LogP contribution >= 0.6 is 11.3 Å². The summed E-state index contributed by atoms with van der Waals surface area (Å²) >= 11 is 1.50. The van der Waals surface area contributed by atoms with E-state index in [9.17, 15) is 4.79 Å². The SMILES string of the molecule is CCOc1ccc(-c2nc(C(=O)N3CCNC(C)C3C)cs2)cc1. The quantitative estimate of drug-likeness (QED) is 0.925. The molecule has 0 saturated carbocycles. The molecule has 6 heteroatoms. The van der Waals surface area contributed by atoms with Crippen LogP contribution in [-0.2, 0) is 0 Å². The Morgan fingerprint density at radius 1 is 1.38 bits per heavy atom. The number of benzene rings is 1. The lowest BCUT2D eigenvalue weighted by Gasteiger charge is -2.38. The third-order valence-electron chi connectivity index (χ3n) is 4.43. The first-order valence-electron chi connectivity index (χ1n) is 8.33. The molecule has 1 aliphatic rings. The van der Waals surface area contributed by atoms with Crippen molar-refractivity contribution >= 4 is 17.2 Å². The van der Waals surface area contributed by atoms with E-state index in [2.05, 4.69) is 24.1 Å². The fourth-order valence-electron chi connectivity index (χ4n) is 2.86. The number of piperazine rings is 1. The zero-order chi connectivity index (χ0) is 17.1. The van der Waals surface area contributed by atoms with E-state index >= 15 is 0 Å². The Morgan fingerprint density at radius 3 is 2.83 bits per heavy atom. The molecule has 3 rings (SSSR count). The third-order valence-corrected chi connectivity index (χ3v) is 5.32. The van der Waals surface area contributed by atoms with E-state index in [1.54, 1.807) is 0 Å². The maximum Gasteiger partial charge on any atom is 0.273 e. The van der Waals surface area contributed by atoms with Crippen molar-refractivity contribution in [1.82, 2.24) is 15.2 Å². The van der Waals surface area contributed by atoms with Crippen LogP contribution in [0.4, 0.5) is 0 Å². The van der Waals surface area contributed by atoms with Gasteiger partial charge in [-0.2, -0.15) is 0 Å². The normalized spacial score (nSPS) is 20.9. The molecule has 0 radical (unpaired) electrons. The molecule has 24 heavy (non-hydrogen) atoms. The zero-order valence-corrected chi connectivity index (χ0v) is 15.1. The second kappa shape index (κ2) is 7.32. The number of aromatic nitrogens is 1. The standard InChI is InChI=1S/C18H23N3O2S/c1-4-23-15-7-5-14(6-8-15)17-20-16(11-24-17)18(22)21-10-9-19-12(2)13(21)3/h5-8,11-13,19H,4,9-10H2,1-3H3. The van der Waals surface area contributed by atoms with Gasteiger partial charge in [-0.1, -0.05) is 0 Å². The summed E-state index contributed by atoms with van der Waals surface area (Å²) in [6.07, 6.45) is 0. The smallest absolute Gasteiger partial charge is 0.273 e. The van der Waals surface area contributed by atoms with Gasteiger partial charge in [0.2, 0.25) is 0 Å². The van der Waals surface area contributed by atoms with Gasteiger partial charge in [-0.15, -0.1) is 11.3 Å². The lowest BCUT2D eigenvalue weighted by molar-refractivity contribution is 0.0598. The van der Waals surface area contributed by atoms with Crippen molar-refractivity contribution in [3.8, 4) is 16.3 Å². The fraction of sp³-hybridized carbons (Fsp3) is 0.444. The number of amides is 1. The molecule has 128 valence electrons. The highest BCUT2D eigenvalue weighted by Crippen LogP contribution is 2.26. The Hall–Kier alpha value is -1.92. The number of ether oxygens (including phenoxy) is 1. The van der Waals surface area contributed by atoms with E-state index in [1.165, 1.54) is 11.3 Å². The molecule has 1 fully saturated rings. The molecule has 1 N–H and O–H groups in total. The van der Waals surface area contributed by atoms with Gasteiger partial charge >= 0.3 is 0 Å². The zero-order valence-electron chi connectivity index (χ0n) is 14.3. The molecule has 0 bridgehead atoms. The van der Waals surface area contributed by atoms with Crippen LogP contribution in [0.25, 0.3) is 10.6 Å². The van der Waals surface area contributed by atoms with Gasteiger partial charge in [0.25, 0.3) is 5.91 Å². The first kappa shape index (κ1) is 16.9. The highest BCUT2D eigenvalue weighted by molar-refractivity contribution is 7.13. The van der Waals surface area contributed by atoms with Crippen molar-refractivity contribution in [2.45, 2.75) is 32.9 Å². The van der Waals surface area contributed by atoms with Gasteiger partial charge in [-0.05, 0) is 45.0 Å². The maximum absolute atomic E-state index is 12.8. The van der Waals surface area contributed by atoms with Crippen LogP contribution in [0.15, 0.2) is 29.6 Å². The summed E-state index contributed by atoms with van der Waals surface area (Å²) < 4.78 is 5.46. The summed E-state index contributed by atoms with van der Waals surface area (Å²) in [5.74, 6) is 0.863. The maximum atomic E-state index is 12.8. The van der Waals surface area contributed by atoms with Gasteiger partial charge in [-0.25, -0.2) is 4.98 Å². The molecule has 2 aromatic rings. The van der Waals surface area contributed by atoms with E-state index in [0.717, 1.165) is 29.4 Å². The second-order valence-electron chi connectivity index (χ2n) is 5.98. The Morgan fingerprint density at radius 2 is 2.12 bits per heavy atom. The van der Waals surface area contributed by atoms with Crippen LogP contribution in [0.2, 0.25) is 0 Å². The average molecular weight is 345 g/mol. The number of nitrogens with one attached hydrogen (secondary N) is 1. The van der Waals surface area contributed by atoms with Gasteiger partial charge in [-0.3, -0.25) is 4.79 Å². The topological polar surface area (TPSA) is 54.5 Å². The average Bonchev–Trinajstić information content (AvgIpc) is 3.08. The van der Waals surface area contributed by atoms with E-state index in [-0.39, 0.29) is 11.9 Å². The van der Waals surface area contributed by atoms with Crippen molar-refractivity contribution in [1.29, 1.82) is 0 Å². The van der Waals surface area contributed by atoms with Crippen LogP contribution in [0.1, 0.15) is 31.3 Å². The summed E-state index contributed by atoms with van der Waals surface area (Å²) in [5, 5.41) is 6.10. The minimum atomic E-state index is 0.0179. The highest BCUT2D eigenvalue weighted by Gasteiger charge is 2.29. The van der Waals surface area contributed by atoms with Crippen LogP contribution in [0.3, 0.4) is 0 Å². The number of hydrogen-bond acceptors (Lipinski definition) is 5. The number of carbonyl (C=O) groups is 1. The molecule has 2 atom stereocenters. The summed E-state index contributed by atoms with van der Waals surface area (Å²) in [6.45, 7) is 8.35. The molecule has 1 aromatic carbocycles. The molecule has 1 aromatic heterocycles. The van der Waals surface area contributed by atoms with Crippen molar-refractivity contribution in [3.05, 3.63) is 35.3 Å². The molecular formula is C18H23N3O2S. The monoisotopic (exact) mass is 345 g/mol. The minimum absolute atomic E-state index is 0.0179. The lowest BCUT2D eigenvalue weighted by atomic mass is 10.1. The summed E-state index contributed by atoms with van der Waals surface area (Å²) in [6, 6.07) is 8.29. The van der Waals surface area contributed by atoms with Crippen LogP contribution in [-0.4, -0.2) is 47.6 Å². The second-order valence-corrected chi connectivity index (χ2v) is 6.84. The van der Waals surface area contributed by atoms with Gasteiger partial charge in [0, 0.05) is 36.1 Å². The van der Waals surface area contributed by atoms with E-state index in [1.807, 2.05) is 41.5 Å². The fourth-order valence-corrected chi connectivity index (χ4v) is 3.66. The molecule has 1 amide bonds. The van der Waals surface area contributed by atoms with E-state index in [4.69, 9.17) is 4.74 Å². The predicted molar refractivity (Wildman–Crippen MR) is 96.7 cm³/mol. The van der Waals surface area contributed by atoms with Crippen molar-refractivity contribution < 1.29 is 9.53 Å². The largest absolute Gasteiger partial charge is 0.494 e. The van der Waals surface area contributed by atoms with Gasteiger partial charge < -0.3 is 15.0 Å². The lowest BCUT2D eigenvalue weighted by Crippen LogP contribution is -2.57. The molecule has 0 aliphatic carbocycles. The Bertz CT molecular complexity index is 699. The van der Waals surface area contributed by atoms with Gasteiger partial charge in [0.1, 0.15) is 16.5 Å². The van der Waals surface area contributed by atoms with E-state index in [0.29, 0.717) is 18.3 Å². The Labute approximate surface area is 146 Å². The molecule has 5 nitrogen and oxygen atoms in total. The van der Waals surface area contributed by atoms with Gasteiger partial charge in [0.05, 0.1) is 6.61 Å². The molecular weight excluding hydrogens is 322 g/mol. The van der Waals surface area contributed by atoms with Gasteiger partial charge in [0.15, 0.2) is 0 Å². The number of thiazole rings is 1. The van der Waals surface area contributed by atoms with Crippen molar-refractivity contribution in [2.75, 3.05) is 19.7 Å². The number of carbonyl (C=O) groups excluding carboxylic acids is 1. The van der Waals surface area contributed by atoms with Crippen molar-refractivity contribution in [2.24, 2.45) is 0 Å². The molecule has 1 aliphatic heterocycles. The molecule has 0 spiro atoms. The Kier molecular flexibility index (Phi) is 5.16. The van der Waals surface area contributed by atoms with Crippen molar-refractivity contribution in [3.63, 3.8) is 0 Å². The van der Waals surface area contributed by atoms with Crippen LogP contribution in [0, 0.1) is 0 Å². The molecule has 1 saturated heterocycles. The first-order chi connectivity index (χ1) is 11.6. The number of rotatable bonds is 4. The third kappa shape index (κ3) is 3.44. The van der Waals surface area contributed by atoms with Crippen LogP contribution in [0.5, 0.6) is 5.75 Å². The highest BCUT2D eigenvalue weighted by atomic mass is 32.1. The minimum Gasteiger partial charge on any atom is -0.494 e. The number of hydrogen-bond donors (Lipinski definition) is 1. The predicted octanol–water partition coefficient (Wildman–Crippen LogP) is 3.03. The van der Waals surface area contributed by atoms with Crippen LogP contribution < -0.4 is 10.1 Å². The molecule has 2 heterocycles. The van der Waals surface area contributed by atoms with E-state index < -0.39 is 0 Å². The molecule has 2 unspecified atom stereocenters. The summed E-state index contributed by atoms with van der Waals surface area (Å²) in [5.41, 5.74) is 1.54. The Balaban J connectivity index is 1.76. The summed E-state index contributed by atoms with van der Waals surface area (Å²) in [4.78, 5) is 19.2. The number of nitrogens with zero attached hydrogens (tertiary/aromatic N) is 2. The first-order valence-corrected chi connectivity index (χ1v) is 9.21.